The normalized spacial score (nSPS) is 9.50. The van der Waals surface area contributed by atoms with Crippen LogP contribution in [0.4, 0.5) is 0 Å². The monoisotopic (exact) mass is 176 g/mol. The average molecular weight is 176 g/mol. The molecule has 0 bridgehead atoms. The van der Waals surface area contributed by atoms with Crippen molar-refractivity contribution in [3.05, 3.63) is 0 Å². The van der Waals surface area contributed by atoms with Gasteiger partial charge in [-0.25, -0.2) is 0 Å². The molecule has 0 spiro atoms. The zero-order valence-corrected chi connectivity index (χ0v) is 8.97. The lowest BCUT2D eigenvalue weighted by Gasteiger charge is -2.03. The molecule has 0 aromatic rings. The highest BCUT2D eigenvalue weighted by molar-refractivity contribution is 4.41. The number of aliphatic hydroxyl groups is 1. The first-order valence-electron chi connectivity index (χ1n) is 4.87. The first-order valence-corrected chi connectivity index (χ1v) is 4.87. The molecule has 0 saturated carbocycles. The number of hydrogen-bond donors (Lipinski definition) is 1. The molecule has 2 nitrogen and oxygen atoms in total. The summed E-state index contributed by atoms with van der Waals surface area (Å²) in [6.07, 6.45) is 2.33. The van der Waals surface area contributed by atoms with Gasteiger partial charge in [0.25, 0.3) is 0 Å². The van der Waals surface area contributed by atoms with Gasteiger partial charge in [-0.2, -0.15) is 0 Å². The molecule has 0 fully saturated rings. The summed E-state index contributed by atoms with van der Waals surface area (Å²) in [6.45, 7) is 9.95. The second-order valence-corrected chi connectivity index (χ2v) is 3.23. The van der Waals surface area contributed by atoms with E-state index in [1.54, 1.807) is 0 Å². The highest BCUT2D eigenvalue weighted by Gasteiger charge is 1.91. The van der Waals surface area contributed by atoms with Crippen molar-refractivity contribution in [2.75, 3.05) is 19.8 Å². The van der Waals surface area contributed by atoms with Crippen LogP contribution < -0.4 is 0 Å². The van der Waals surface area contributed by atoms with Crippen molar-refractivity contribution in [3.63, 3.8) is 0 Å². The third kappa shape index (κ3) is 22.5. The maximum Gasteiger partial charge on any atom is 0.0697 e. The molecule has 0 amide bonds. The lowest BCUT2D eigenvalue weighted by Crippen LogP contribution is -2.02. The van der Waals surface area contributed by atoms with Gasteiger partial charge in [0.2, 0.25) is 0 Å². The SMILES string of the molecule is CC(C)CCOCCO.CCC. The number of aliphatic hydroxyl groups excluding tert-OH is 1. The zero-order valence-electron chi connectivity index (χ0n) is 8.97. The Balaban J connectivity index is 0. The summed E-state index contributed by atoms with van der Waals surface area (Å²) in [7, 11) is 0. The van der Waals surface area contributed by atoms with Crippen molar-refractivity contribution >= 4 is 0 Å². The van der Waals surface area contributed by atoms with Crippen molar-refractivity contribution < 1.29 is 9.84 Å². The Bertz CT molecular complexity index is 62.9. The van der Waals surface area contributed by atoms with E-state index < -0.39 is 0 Å². The Morgan fingerprint density at radius 3 is 2.00 bits per heavy atom. The van der Waals surface area contributed by atoms with E-state index in [-0.39, 0.29) is 6.61 Å². The molecule has 0 aromatic heterocycles. The molecule has 2 heteroatoms. The van der Waals surface area contributed by atoms with Crippen molar-refractivity contribution in [1.82, 2.24) is 0 Å². The highest BCUT2D eigenvalue weighted by Crippen LogP contribution is 1.97. The van der Waals surface area contributed by atoms with Crippen molar-refractivity contribution in [2.45, 2.75) is 40.5 Å². The molecule has 0 aliphatic heterocycles. The van der Waals surface area contributed by atoms with Gasteiger partial charge in [-0.1, -0.05) is 34.1 Å². The van der Waals surface area contributed by atoms with Gasteiger partial charge in [0.15, 0.2) is 0 Å². The summed E-state index contributed by atoms with van der Waals surface area (Å²) >= 11 is 0. The van der Waals surface area contributed by atoms with Gasteiger partial charge in [-0.05, 0) is 12.3 Å². The molecule has 0 rings (SSSR count). The summed E-state index contributed by atoms with van der Waals surface area (Å²) in [4.78, 5) is 0. The van der Waals surface area contributed by atoms with E-state index in [2.05, 4.69) is 27.7 Å². The van der Waals surface area contributed by atoms with Gasteiger partial charge >= 0.3 is 0 Å². The molecular weight excluding hydrogens is 152 g/mol. The maximum atomic E-state index is 8.31. The van der Waals surface area contributed by atoms with Gasteiger partial charge in [0.1, 0.15) is 0 Å². The first kappa shape index (κ1) is 14.4. The zero-order chi connectivity index (χ0) is 9.82. The van der Waals surface area contributed by atoms with Gasteiger partial charge in [-0.15, -0.1) is 0 Å². The Hall–Kier alpha value is -0.0800. The fourth-order valence-electron chi connectivity index (χ4n) is 0.486. The largest absolute Gasteiger partial charge is 0.394 e. The van der Waals surface area contributed by atoms with E-state index in [9.17, 15) is 0 Å². The predicted molar refractivity (Wildman–Crippen MR) is 53.3 cm³/mol. The van der Waals surface area contributed by atoms with Crippen molar-refractivity contribution in [1.29, 1.82) is 0 Å². The third-order valence-corrected chi connectivity index (χ3v) is 1.08. The molecular formula is C10H24O2. The van der Waals surface area contributed by atoms with Gasteiger partial charge in [0.05, 0.1) is 13.2 Å². The van der Waals surface area contributed by atoms with Crippen LogP contribution in [0.25, 0.3) is 0 Å². The first-order chi connectivity index (χ1) is 5.68. The number of ether oxygens (including phenoxy) is 1. The van der Waals surface area contributed by atoms with E-state index in [1.807, 2.05) is 0 Å². The fourth-order valence-corrected chi connectivity index (χ4v) is 0.486. The molecule has 0 unspecified atom stereocenters. The van der Waals surface area contributed by atoms with Gasteiger partial charge < -0.3 is 9.84 Å². The Morgan fingerprint density at radius 1 is 1.17 bits per heavy atom. The minimum atomic E-state index is 0.137. The van der Waals surface area contributed by atoms with E-state index in [4.69, 9.17) is 9.84 Å². The van der Waals surface area contributed by atoms with Crippen LogP contribution in [-0.4, -0.2) is 24.9 Å². The van der Waals surface area contributed by atoms with E-state index in [0.29, 0.717) is 12.5 Å². The fraction of sp³-hybridized carbons (Fsp3) is 1.00. The van der Waals surface area contributed by atoms with E-state index >= 15 is 0 Å². The summed E-state index contributed by atoms with van der Waals surface area (Å²) in [6, 6.07) is 0. The molecule has 76 valence electrons. The standard InChI is InChI=1S/C7H16O2.C3H8/c1-7(2)3-5-9-6-4-8;1-3-2/h7-8H,3-6H2,1-2H3;3H2,1-2H3. The van der Waals surface area contributed by atoms with Crippen LogP contribution in [-0.2, 0) is 4.74 Å². The summed E-state index contributed by atoms with van der Waals surface area (Å²) in [5.41, 5.74) is 0. The molecule has 0 aliphatic carbocycles. The van der Waals surface area contributed by atoms with E-state index in [0.717, 1.165) is 13.0 Å². The molecule has 12 heavy (non-hydrogen) atoms. The van der Waals surface area contributed by atoms with Crippen LogP contribution in [0.5, 0.6) is 0 Å². The maximum absolute atomic E-state index is 8.31. The Kier molecular flexibility index (Phi) is 16.3. The minimum Gasteiger partial charge on any atom is -0.394 e. The third-order valence-electron chi connectivity index (χ3n) is 1.08. The number of rotatable bonds is 5. The molecule has 0 aromatic carbocycles. The van der Waals surface area contributed by atoms with Gasteiger partial charge in [-0.3, -0.25) is 0 Å². The molecule has 1 N–H and O–H groups in total. The number of hydrogen-bond acceptors (Lipinski definition) is 2. The van der Waals surface area contributed by atoms with Crippen molar-refractivity contribution in [3.8, 4) is 0 Å². The molecule has 0 atom stereocenters. The summed E-state index contributed by atoms with van der Waals surface area (Å²) in [5, 5.41) is 8.31. The average Bonchev–Trinajstić information content (AvgIpc) is 1.99. The van der Waals surface area contributed by atoms with E-state index in [1.165, 1.54) is 6.42 Å². The van der Waals surface area contributed by atoms with Crippen LogP contribution in [0.2, 0.25) is 0 Å². The predicted octanol–water partition coefficient (Wildman–Crippen LogP) is 2.46. The molecule has 0 saturated heterocycles. The molecule has 0 radical (unpaired) electrons. The second kappa shape index (κ2) is 13.5. The van der Waals surface area contributed by atoms with Crippen molar-refractivity contribution in [2.24, 2.45) is 5.92 Å². The second-order valence-electron chi connectivity index (χ2n) is 3.23. The minimum absolute atomic E-state index is 0.137. The van der Waals surface area contributed by atoms with Crippen LogP contribution in [0.15, 0.2) is 0 Å². The quantitative estimate of drug-likeness (QED) is 0.652. The van der Waals surface area contributed by atoms with Crippen LogP contribution in [0.3, 0.4) is 0 Å². The lowest BCUT2D eigenvalue weighted by atomic mass is 10.1. The molecule has 0 heterocycles. The van der Waals surface area contributed by atoms with Crippen LogP contribution >= 0.6 is 0 Å². The van der Waals surface area contributed by atoms with Crippen LogP contribution in [0.1, 0.15) is 40.5 Å². The Labute approximate surface area is 76.9 Å². The smallest absolute Gasteiger partial charge is 0.0697 e. The topological polar surface area (TPSA) is 29.5 Å². The Morgan fingerprint density at radius 2 is 1.67 bits per heavy atom. The lowest BCUT2D eigenvalue weighted by molar-refractivity contribution is 0.0853. The van der Waals surface area contributed by atoms with Crippen LogP contribution in [0, 0.1) is 5.92 Å². The summed E-state index contributed by atoms with van der Waals surface area (Å²) < 4.78 is 5.04. The summed E-state index contributed by atoms with van der Waals surface area (Å²) in [5.74, 6) is 0.698. The highest BCUT2D eigenvalue weighted by atomic mass is 16.5. The molecule has 0 aliphatic rings. The van der Waals surface area contributed by atoms with Gasteiger partial charge in [0, 0.05) is 6.61 Å².